The fraction of sp³-hybridized carbons (Fsp3) is 0.438. The molecule has 1 aromatic heterocycles. The van der Waals surface area contributed by atoms with E-state index in [1.807, 2.05) is 31.2 Å². The highest BCUT2D eigenvalue weighted by Crippen LogP contribution is 2.26. The Morgan fingerprint density at radius 3 is 2.88 bits per heavy atom. The van der Waals surface area contributed by atoms with Crippen LogP contribution in [0.15, 0.2) is 38.4 Å². The average Bonchev–Trinajstić information content (AvgIpc) is 3.20. The Morgan fingerprint density at radius 2 is 2.23 bits per heavy atom. The molecule has 0 aliphatic carbocycles. The van der Waals surface area contributed by atoms with E-state index in [4.69, 9.17) is 4.42 Å². The highest BCUT2D eigenvalue weighted by atomic mass is 79.9. The van der Waals surface area contributed by atoms with Crippen LogP contribution in [0.4, 0.5) is 0 Å². The van der Waals surface area contributed by atoms with E-state index in [2.05, 4.69) is 26.1 Å². The van der Waals surface area contributed by atoms with E-state index in [1.54, 1.807) is 4.90 Å². The fourth-order valence-corrected chi connectivity index (χ4v) is 5.65. The Labute approximate surface area is 164 Å². The number of halogens is 1. The molecule has 1 amide bonds. The number of nitrogens with zero attached hydrogens (tertiary/aromatic N) is 3. The van der Waals surface area contributed by atoms with Crippen molar-refractivity contribution >= 4 is 43.4 Å². The first-order valence-electron chi connectivity index (χ1n) is 8.10. The lowest BCUT2D eigenvalue weighted by Crippen LogP contribution is -2.41. The molecule has 140 valence electrons. The zero-order valence-corrected chi connectivity index (χ0v) is 17.3. The largest absolute Gasteiger partial charge is 0.411 e. The van der Waals surface area contributed by atoms with E-state index in [9.17, 15) is 13.2 Å². The summed E-state index contributed by atoms with van der Waals surface area (Å²) < 4.78 is 29.8. The summed E-state index contributed by atoms with van der Waals surface area (Å²) >= 11 is 4.55. The van der Waals surface area contributed by atoms with Gasteiger partial charge in [0.15, 0.2) is 9.84 Å². The molecule has 1 aliphatic rings. The first-order chi connectivity index (χ1) is 12.4. The van der Waals surface area contributed by atoms with Gasteiger partial charge in [-0.25, -0.2) is 8.42 Å². The highest BCUT2D eigenvalue weighted by Gasteiger charge is 2.33. The minimum Gasteiger partial charge on any atom is -0.411 e. The molecule has 1 fully saturated rings. The number of benzene rings is 1. The molecule has 7 nitrogen and oxygen atoms in total. The number of thioether (sulfide) groups is 1. The van der Waals surface area contributed by atoms with Crippen molar-refractivity contribution in [3.63, 3.8) is 0 Å². The molecule has 0 N–H and O–H groups in total. The van der Waals surface area contributed by atoms with Gasteiger partial charge in [-0.3, -0.25) is 4.79 Å². The molecule has 26 heavy (non-hydrogen) atoms. The molecule has 0 saturated carbocycles. The Bertz CT molecular complexity index is 900. The minimum atomic E-state index is -3.03. The molecule has 1 saturated heterocycles. The molecule has 0 radical (unpaired) electrons. The van der Waals surface area contributed by atoms with Gasteiger partial charge in [-0.15, -0.1) is 10.2 Å². The molecule has 2 aromatic rings. The van der Waals surface area contributed by atoms with Crippen molar-refractivity contribution in [2.45, 2.75) is 24.6 Å². The Hall–Kier alpha value is -1.39. The number of amides is 1. The molecule has 1 aliphatic heterocycles. The van der Waals surface area contributed by atoms with Crippen LogP contribution >= 0.6 is 27.7 Å². The second kappa shape index (κ2) is 8.10. The second-order valence-electron chi connectivity index (χ2n) is 5.91. The summed E-state index contributed by atoms with van der Waals surface area (Å²) in [5, 5.41) is 8.28. The maximum absolute atomic E-state index is 12.5. The van der Waals surface area contributed by atoms with E-state index in [0.717, 1.165) is 21.8 Å². The molecule has 3 rings (SSSR count). The van der Waals surface area contributed by atoms with Crippen LogP contribution in [-0.2, 0) is 14.6 Å². The van der Waals surface area contributed by atoms with E-state index in [1.165, 1.54) is 0 Å². The van der Waals surface area contributed by atoms with Crippen LogP contribution in [0.25, 0.3) is 11.5 Å². The van der Waals surface area contributed by atoms with Crippen LogP contribution in [0.5, 0.6) is 0 Å². The predicted molar refractivity (Wildman–Crippen MR) is 103 cm³/mol. The Morgan fingerprint density at radius 1 is 1.42 bits per heavy atom. The van der Waals surface area contributed by atoms with Crippen LogP contribution in [0.2, 0.25) is 0 Å². The van der Waals surface area contributed by atoms with Gasteiger partial charge in [0.25, 0.3) is 5.22 Å². The van der Waals surface area contributed by atoms with E-state index in [-0.39, 0.29) is 29.2 Å². The zero-order chi connectivity index (χ0) is 18.7. The lowest BCUT2D eigenvalue weighted by atomic mass is 10.2. The van der Waals surface area contributed by atoms with E-state index >= 15 is 0 Å². The van der Waals surface area contributed by atoms with E-state index < -0.39 is 9.84 Å². The summed E-state index contributed by atoms with van der Waals surface area (Å²) in [4.78, 5) is 14.1. The third-order valence-corrected chi connectivity index (χ3v) is 7.15. The van der Waals surface area contributed by atoms with Gasteiger partial charge in [0.2, 0.25) is 11.8 Å². The lowest BCUT2D eigenvalue weighted by molar-refractivity contribution is -0.129. The maximum atomic E-state index is 12.5. The first kappa shape index (κ1) is 19.4. The van der Waals surface area contributed by atoms with Gasteiger partial charge in [0.1, 0.15) is 0 Å². The highest BCUT2D eigenvalue weighted by molar-refractivity contribution is 9.10. The molecule has 1 atom stereocenters. The molecular formula is C16H18BrN3O4S2. The van der Waals surface area contributed by atoms with Gasteiger partial charge in [0, 0.05) is 22.6 Å². The zero-order valence-electron chi connectivity index (χ0n) is 14.1. The van der Waals surface area contributed by atoms with Crippen LogP contribution in [0.1, 0.15) is 13.3 Å². The maximum Gasteiger partial charge on any atom is 0.277 e. The monoisotopic (exact) mass is 459 g/mol. The molecule has 0 bridgehead atoms. The van der Waals surface area contributed by atoms with Crippen molar-refractivity contribution in [3.8, 4) is 11.5 Å². The van der Waals surface area contributed by atoms with Crippen molar-refractivity contribution in [2.24, 2.45) is 0 Å². The summed E-state index contributed by atoms with van der Waals surface area (Å²) in [5.41, 5.74) is 0.788. The number of carbonyl (C=O) groups excluding carboxylic acids is 1. The Balaban J connectivity index is 1.61. The van der Waals surface area contributed by atoms with Crippen molar-refractivity contribution in [1.29, 1.82) is 0 Å². The molecule has 1 aromatic carbocycles. The van der Waals surface area contributed by atoms with Crippen LogP contribution in [0.3, 0.4) is 0 Å². The molecule has 0 spiro atoms. The summed E-state index contributed by atoms with van der Waals surface area (Å²) in [6.45, 7) is 2.33. The minimum absolute atomic E-state index is 0.0465. The van der Waals surface area contributed by atoms with Crippen molar-refractivity contribution in [1.82, 2.24) is 15.1 Å². The SMILES string of the molecule is CCN(C(=O)CSc1nnc(-c2cccc(Br)c2)o1)[C@@H]1CCS(=O)(=O)C1. The number of hydrogen-bond acceptors (Lipinski definition) is 7. The van der Waals surface area contributed by atoms with Gasteiger partial charge in [-0.1, -0.05) is 33.8 Å². The summed E-state index contributed by atoms with van der Waals surface area (Å²) in [7, 11) is -3.03. The van der Waals surface area contributed by atoms with E-state index in [0.29, 0.717) is 24.1 Å². The van der Waals surface area contributed by atoms with Crippen molar-refractivity contribution < 1.29 is 17.6 Å². The Kier molecular flexibility index (Phi) is 6.03. The average molecular weight is 460 g/mol. The third kappa shape index (κ3) is 4.66. The van der Waals surface area contributed by atoms with Gasteiger partial charge >= 0.3 is 0 Å². The summed E-state index contributed by atoms with van der Waals surface area (Å²) in [5.74, 6) is 0.584. The number of hydrogen-bond donors (Lipinski definition) is 0. The number of sulfone groups is 1. The second-order valence-corrected chi connectivity index (χ2v) is 9.98. The predicted octanol–water partition coefficient (Wildman–Crippen LogP) is 2.63. The lowest BCUT2D eigenvalue weighted by Gasteiger charge is -2.26. The van der Waals surface area contributed by atoms with Gasteiger partial charge in [0.05, 0.1) is 17.3 Å². The standard InChI is InChI=1S/C16H18BrN3O4S2/c1-2-20(13-6-7-26(22,23)10-13)14(21)9-25-16-19-18-15(24-16)11-4-3-5-12(17)8-11/h3-5,8,13H,2,6-7,9-10H2,1H3/t13-/m1/s1. The molecular weight excluding hydrogens is 442 g/mol. The molecule has 0 unspecified atom stereocenters. The summed E-state index contributed by atoms with van der Waals surface area (Å²) in [6, 6.07) is 7.26. The number of carbonyl (C=O) groups is 1. The normalized spacial score (nSPS) is 18.8. The first-order valence-corrected chi connectivity index (χ1v) is 11.7. The topological polar surface area (TPSA) is 93.4 Å². The van der Waals surface area contributed by atoms with Crippen LogP contribution in [-0.4, -0.2) is 59.3 Å². The quantitative estimate of drug-likeness (QED) is 0.612. The summed E-state index contributed by atoms with van der Waals surface area (Å²) in [6.07, 6.45) is 0.500. The van der Waals surface area contributed by atoms with Gasteiger partial charge in [-0.2, -0.15) is 0 Å². The fourth-order valence-electron chi connectivity index (χ4n) is 2.87. The number of aromatic nitrogens is 2. The smallest absolute Gasteiger partial charge is 0.277 e. The van der Waals surface area contributed by atoms with Gasteiger partial charge in [-0.05, 0) is 31.5 Å². The van der Waals surface area contributed by atoms with Crippen LogP contribution in [0, 0.1) is 0 Å². The third-order valence-electron chi connectivity index (χ3n) is 4.11. The molecule has 2 heterocycles. The molecule has 10 heteroatoms. The van der Waals surface area contributed by atoms with Crippen molar-refractivity contribution in [3.05, 3.63) is 28.7 Å². The van der Waals surface area contributed by atoms with Gasteiger partial charge < -0.3 is 9.32 Å². The number of rotatable bonds is 6. The van der Waals surface area contributed by atoms with Crippen molar-refractivity contribution in [2.75, 3.05) is 23.8 Å². The van der Waals surface area contributed by atoms with Crippen LogP contribution < -0.4 is 0 Å².